The van der Waals surface area contributed by atoms with Crippen LogP contribution in [0.15, 0.2) is 58.6 Å². The summed E-state index contributed by atoms with van der Waals surface area (Å²) in [5.74, 6) is -0.316. The van der Waals surface area contributed by atoms with Crippen LogP contribution in [0.1, 0.15) is 23.6 Å². The molecular formula is C23H20FN5O2S. The number of aryl methyl sites for hydroxylation is 2. The molecule has 9 heteroatoms. The Balaban J connectivity index is 1.46. The molecule has 0 saturated heterocycles. The summed E-state index contributed by atoms with van der Waals surface area (Å²) < 4.78 is 17.1. The number of thioether (sulfide) groups is 1. The first-order valence-electron chi connectivity index (χ1n) is 10.2. The van der Waals surface area contributed by atoms with E-state index in [4.69, 9.17) is 4.98 Å². The summed E-state index contributed by atoms with van der Waals surface area (Å²) in [5, 5.41) is 7.93. The number of carbonyl (C=O) groups excluding carboxylic acids is 1. The van der Waals surface area contributed by atoms with Crippen molar-refractivity contribution in [1.29, 1.82) is 0 Å². The highest BCUT2D eigenvalue weighted by molar-refractivity contribution is 7.99. The third-order valence-corrected chi connectivity index (χ3v) is 6.77. The number of anilines is 1. The van der Waals surface area contributed by atoms with Gasteiger partial charge in [-0.3, -0.25) is 14.2 Å². The van der Waals surface area contributed by atoms with E-state index in [0.29, 0.717) is 21.9 Å². The Hall–Kier alpha value is -3.46. The second-order valence-corrected chi connectivity index (χ2v) is 8.82. The topological polar surface area (TPSA) is 81.8 Å². The quantitative estimate of drug-likeness (QED) is 0.476. The van der Waals surface area contributed by atoms with Gasteiger partial charge in [0.15, 0.2) is 10.8 Å². The predicted octanol–water partition coefficient (Wildman–Crippen LogP) is 4.01. The van der Waals surface area contributed by atoms with E-state index in [2.05, 4.69) is 10.4 Å². The molecule has 0 fully saturated rings. The number of nitrogens with zero attached hydrogens (tertiary/aromatic N) is 4. The number of nitrogens with one attached hydrogen (secondary N) is 1. The molecule has 4 aromatic rings. The first-order chi connectivity index (χ1) is 15.4. The van der Waals surface area contributed by atoms with E-state index in [0.717, 1.165) is 11.3 Å². The highest BCUT2D eigenvalue weighted by atomic mass is 32.2. The maximum absolute atomic E-state index is 13.8. The molecule has 1 atom stereocenters. The molecule has 162 valence electrons. The lowest BCUT2D eigenvalue weighted by Crippen LogP contribution is -2.28. The van der Waals surface area contributed by atoms with Crippen LogP contribution in [-0.4, -0.2) is 31.0 Å². The first kappa shape index (κ1) is 20.4. The highest BCUT2D eigenvalue weighted by Gasteiger charge is 2.29. The number of fused-ring (bicyclic) bond motifs is 2. The molecule has 32 heavy (non-hydrogen) atoms. The average Bonchev–Trinajstić information content (AvgIpc) is 3.37. The average molecular weight is 450 g/mol. The van der Waals surface area contributed by atoms with Gasteiger partial charge in [0.05, 0.1) is 23.6 Å². The van der Waals surface area contributed by atoms with Crippen LogP contribution < -0.4 is 10.9 Å². The normalized spacial score (nSPS) is 15.2. The summed E-state index contributed by atoms with van der Waals surface area (Å²) in [6.45, 7) is 4.06. The SMILES string of the molecule is Cc1ccc(-n2ncc3c(=O)n4c(nc32)SCC4CC(=O)Nc2ccccc2F)cc1C. The van der Waals surface area contributed by atoms with Crippen molar-refractivity contribution in [2.45, 2.75) is 31.5 Å². The zero-order chi connectivity index (χ0) is 22.4. The van der Waals surface area contributed by atoms with Crippen LogP contribution in [0.3, 0.4) is 0 Å². The van der Waals surface area contributed by atoms with Gasteiger partial charge in [0.2, 0.25) is 5.91 Å². The van der Waals surface area contributed by atoms with Crippen LogP contribution in [0.25, 0.3) is 16.7 Å². The lowest BCUT2D eigenvalue weighted by molar-refractivity contribution is -0.116. The minimum atomic E-state index is -0.499. The van der Waals surface area contributed by atoms with E-state index in [-0.39, 0.29) is 29.6 Å². The van der Waals surface area contributed by atoms with Gasteiger partial charge < -0.3 is 5.32 Å². The molecule has 0 bridgehead atoms. The van der Waals surface area contributed by atoms with Crippen LogP contribution >= 0.6 is 11.8 Å². The van der Waals surface area contributed by atoms with Crippen molar-refractivity contribution in [2.75, 3.05) is 11.1 Å². The van der Waals surface area contributed by atoms with Gasteiger partial charge in [-0.2, -0.15) is 5.10 Å². The van der Waals surface area contributed by atoms with E-state index < -0.39 is 5.82 Å². The van der Waals surface area contributed by atoms with Crippen molar-refractivity contribution in [1.82, 2.24) is 19.3 Å². The van der Waals surface area contributed by atoms with Crippen molar-refractivity contribution in [3.63, 3.8) is 0 Å². The van der Waals surface area contributed by atoms with Gasteiger partial charge in [-0.1, -0.05) is 30.0 Å². The molecule has 2 aromatic heterocycles. The monoisotopic (exact) mass is 449 g/mol. The van der Waals surface area contributed by atoms with Crippen molar-refractivity contribution in [3.8, 4) is 5.69 Å². The molecule has 0 radical (unpaired) electrons. The smallest absolute Gasteiger partial charge is 0.265 e. The lowest BCUT2D eigenvalue weighted by atomic mass is 10.1. The largest absolute Gasteiger partial charge is 0.324 e. The second-order valence-electron chi connectivity index (χ2n) is 7.83. The maximum atomic E-state index is 13.8. The molecule has 7 nitrogen and oxygen atoms in total. The van der Waals surface area contributed by atoms with Gasteiger partial charge in [-0.05, 0) is 49.2 Å². The third kappa shape index (κ3) is 3.48. The summed E-state index contributed by atoms with van der Waals surface area (Å²) >= 11 is 1.43. The number of para-hydroxylation sites is 1. The lowest BCUT2D eigenvalue weighted by Gasteiger charge is -2.14. The molecule has 0 aliphatic carbocycles. The van der Waals surface area contributed by atoms with Crippen LogP contribution in [0.4, 0.5) is 10.1 Å². The zero-order valence-electron chi connectivity index (χ0n) is 17.5. The Bertz CT molecular complexity index is 1430. The van der Waals surface area contributed by atoms with Crippen LogP contribution in [0.5, 0.6) is 0 Å². The zero-order valence-corrected chi connectivity index (χ0v) is 18.3. The summed E-state index contributed by atoms with van der Waals surface area (Å²) in [4.78, 5) is 30.5. The van der Waals surface area contributed by atoms with E-state index in [1.165, 1.54) is 35.7 Å². The van der Waals surface area contributed by atoms with E-state index in [1.807, 2.05) is 32.0 Å². The predicted molar refractivity (Wildman–Crippen MR) is 122 cm³/mol. The molecule has 1 N–H and O–H groups in total. The van der Waals surface area contributed by atoms with Crippen molar-refractivity contribution in [2.24, 2.45) is 0 Å². The minimum absolute atomic E-state index is 0.0483. The van der Waals surface area contributed by atoms with Gasteiger partial charge in [-0.25, -0.2) is 14.1 Å². The molecule has 0 spiro atoms. The molecule has 1 amide bonds. The van der Waals surface area contributed by atoms with E-state index in [1.54, 1.807) is 21.4 Å². The van der Waals surface area contributed by atoms with Gasteiger partial charge in [0, 0.05) is 12.2 Å². The van der Waals surface area contributed by atoms with E-state index in [9.17, 15) is 14.0 Å². The molecule has 1 unspecified atom stereocenters. The van der Waals surface area contributed by atoms with E-state index >= 15 is 0 Å². The van der Waals surface area contributed by atoms with Gasteiger partial charge in [0.25, 0.3) is 5.56 Å². The summed E-state index contributed by atoms with van der Waals surface area (Å²) in [6.07, 6.45) is 1.57. The Labute approximate surface area is 187 Å². The van der Waals surface area contributed by atoms with Crippen molar-refractivity contribution >= 4 is 34.4 Å². The Morgan fingerprint density at radius 2 is 2.03 bits per heavy atom. The number of hydrogen-bond donors (Lipinski definition) is 1. The number of benzene rings is 2. The number of aromatic nitrogens is 4. The minimum Gasteiger partial charge on any atom is -0.324 e. The van der Waals surface area contributed by atoms with Gasteiger partial charge in [0.1, 0.15) is 11.2 Å². The summed E-state index contributed by atoms with van der Waals surface area (Å²) in [7, 11) is 0. The van der Waals surface area contributed by atoms with Gasteiger partial charge >= 0.3 is 0 Å². The number of halogens is 1. The fourth-order valence-electron chi connectivity index (χ4n) is 3.80. The molecule has 2 aromatic carbocycles. The molecular weight excluding hydrogens is 429 g/mol. The second kappa shape index (κ2) is 7.90. The third-order valence-electron chi connectivity index (χ3n) is 5.67. The molecule has 0 saturated carbocycles. The Kier molecular flexibility index (Phi) is 5.05. The highest BCUT2D eigenvalue weighted by Crippen LogP contribution is 2.33. The molecule has 3 heterocycles. The number of rotatable bonds is 4. The summed E-state index contributed by atoms with van der Waals surface area (Å²) in [6, 6.07) is 11.6. The number of amides is 1. The number of carbonyl (C=O) groups is 1. The number of hydrogen-bond acceptors (Lipinski definition) is 5. The van der Waals surface area contributed by atoms with Crippen LogP contribution in [0.2, 0.25) is 0 Å². The van der Waals surface area contributed by atoms with Crippen molar-refractivity contribution in [3.05, 3.63) is 76.0 Å². The van der Waals surface area contributed by atoms with Crippen molar-refractivity contribution < 1.29 is 9.18 Å². The Morgan fingerprint density at radius 1 is 1.22 bits per heavy atom. The maximum Gasteiger partial charge on any atom is 0.265 e. The fraction of sp³-hybridized carbons (Fsp3) is 0.217. The molecule has 1 aliphatic heterocycles. The molecule has 1 aliphatic rings. The van der Waals surface area contributed by atoms with Crippen LogP contribution in [0, 0.1) is 19.7 Å². The first-order valence-corrected chi connectivity index (χ1v) is 11.2. The summed E-state index contributed by atoms with van der Waals surface area (Å²) in [5.41, 5.74) is 3.52. The molecule has 5 rings (SSSR count). The fourth-order valence-corrected chi connectivity index (χ4v) is 4.94. The van der Waals surface area contributed by atoms with Gasteiger partial charge in [-0.15, -0.1) is 0 Å². The Morgan fingerprint density at radius 3 is 2.81 bits per heavy atom. The standard InChI is InChI=1S/C23H20FN5O2S/c1-13-7-8-15(9-14(13)2)29-21-17(11-25-29)22(31)28-16(12-32-23(28)27-21)10-20(30)26-19-6-4-3-5-18(19)24/h3-9,11,16H,10,12H2,1-2H3,(H,26,30). The van der Waals surface area contributed by atoms with Crippen LogP contribution in [-0.2, 0) is 4.79 Å².